The number of aliphatic hydroxyl groups is 1. The first kappa shape index (κ1) is 16.0. The van der Waals surface area contributed by atoms with Crippen LogP contribution in [0, 0.1) is 23.1 Å². The molecule has 0 heterocycles. The van der Waals surface area contributed by atoms with Gasteiger partial charge in [-0.25, -0.2) is 4.39 Å². The molecule has 1 nitrogen and oxygen atoms in total. The SMILES string of the molecule is CC(C)(C)C1CCC(C(O)c2cc(Br)ccc2F)CC1. The first-order chi connectivity index (χ1) is 9.29. The predicted molar refractivity (Wildman–Crippen MR) is 84.0 cm³/mol. The Morgan fingerprint density at radius 3 is 2.35 bits per heavy atom. The molecule has 0 bridgehead atoms. The minimum atomic E-state index is -0.687. The molecule has 0 amide bonds. The van der Waals surface area contributed by atoms with E-state index in [1.165, 1.54) is 6.07 Å². The second kappa shape index (κ2) is 6.15. The Morgan fingerprint density at radius 1 is 1.20 bits per heavy atom. The molecule has 1 aromatic carbocycles. The highest BCUT2D eigenvalue weighted by Crippen LogP contribution is 2.43. The van der Waals surface area contributed by atoms with Gasteiger partial charge in [-0.05, 0) is 61.1 Å². The Balaban J connectivity index is 2.05. The Labute approximate surface area is 129 Å². The van der Waals surface area contributed by atoms with E-state index >= 15 is 0 Å². The zero-order chi connectivity index (χ0) is 14.9. The van der Waals surface area contributed by atoms with Crippen molar-refractivity contribution in [1.82, 2.24) is 0 Å². The van der Waals surface area contributed by atoms with Crippen LogP contribution in [-0.2, 0) is 0 Å². The number of halogens is 2. The molecule has 0 saturated heterocycles. The second-order valence-electron chi connectivity index (χ2n) is 7.09. The number of hydrogen-bond donors (Lipinski definition) is 1. The summed E-state index contributed by atoms with van der Waals surface area (Å²) < 4.78 is 14.7. The summed E-state index contributed by atoms with van der Waals surface area (Å²) in [4.78, 5) is 0. The fourth-order valence-electron chi connectivity index (χ4n) is 3.30. The minimum Gasteiger partial charge on any atom is -0.388 e. The predicted octanol–water partition coefficient (Wildman–Crippen LogP) is 5.47. The number of aliphatic hydroxyl groups excluding tert-OH is 1. The number of benzene rings is 1. The van der Waals surface area contributed by atoms with E-state index in [1.807, 2.05) is 0 Å². The quantitative estimate of drug-likeness (QED) is 0.754. The summed E-state index contributed by atoms with van der Waals surface area (Å²) in [5.41, 5.74) is 0.760. The summed E-state index contributed by atoms with van der Waals surface area (Å²) in [7, 11) is 0. The van der Waals surface area contributed by atoms with Crippen molar-refractivity contribution >= 4 is 15.9 Å². The lowest BCUT2D eigenvalue weighted by Crippen LogP contribution is -2.28. The molecule has 0 aromatic heterocycles. The molecule has 1 fully saturated rings. The van der Waals surface area contributed by atoms with E-state index in [0.29, 0.717) is 16.9 Å². The highest BCUT2D eigenvalue weighted by molar-refractivity contribution is 9.10. The zero-order valence-electron chi connectivity index (χ0n) is 12.5. The first-order valence-electron chi connectivity index (χ1n) is 7.42. The molecule has 20 heavy (non-hydrogen) atoms. The summed E-state index contributed by atoms with van der Waals surface area (Å²) >= 11 is 3.35. The van der Waals surface area contributed by atoms with E-state index < -0.39 is 6.10 Å². The zero-order valence-corrected chi connectivity index (χ0v) is 14.1. The van der Waals surface area contributed by atoms with Crippen molar-refractivity contribution in [1.29, 1.82) is 0 Å². The molecule has 0 radical (unpaired) electrons. The number of hydrogen-bond acceptors (Lipinski definition) is 1. The van der Waals surface area contributed by atoms with E-state index in [-0.39, 0.29) is 11.7 Å². The van der Waals surface area contributed by atoms with Crippen molar-refractivity contribution in [3.8, 4) is 0 Å². The van der Waals surface area contributed by atoms with Crippen LogP contribution in [0.1, 0.15) is 58.1 Å². The first-order valence-corrected chi connectivity index (χ1v) is 8.21. The standard InChI is InChI=1S/C17H24BrFO/c1-17(2,3)12-6-4-11(5-7-12)16(20)14-10-13(18)8-9-15(14)19/h8-12,16,20H,4-7H2,1-3H3. The smallest absolute Gasteiger partial charge is 0.129 e. The topological polar surface area (TPSA) is 20.2 Å². The van der Waals surface area contributed by atoms with Gasteiger partial charge >= 0.3 is 0 Å². The summed E-state index contributed by atoms with van der Waals surface area (Å²) in [5.74, 6) is 0.578. The van der Waals surface area contributed by atoms with Crippen molar-refractivity contribution in [2.24, 2.45) is 17.3 Å². The van der Waals surface area contributed by atoms with Gasteiger partial charge in [0.15, 0.2) is 0 Å². The van der Waals surface area contributed by atoms with Gasteiger partial charge in [0.1, 0.15) is 5.82 Å². The molecule has 1 aliphatic carbocycles. The summed E-state index contributed by atoms with van der Waals surface area (Å²) in [6, 6.07) is 4.79. The van der Waals surface area contributed by atoms with Gasteiger partial charge in [0, 0.05) is 10.0 Å². The van der Waals surface area contributed by atoms with E-state index in [2.05, 4.69) is 36.7 Å². The third-order valence-corrected chi connectivity index (χ3v) is 5.21. The molecular formula is C17H24BrFO. The largest absolute Gasteiger partial charge is 0.388 e. The van der Waals surface area contributed by atoms with Gasteiger partial charge in [-0.1, -0.05) is 36.7 Å². The van der Waals surface area contributed by atoms with Gasteiger partial charge in [-0.3, -0.25) is 0 Å². The van der Waals surface area contributed by atoms with Crippen LogP contribution in [-0.4, -0.2) is 5.11 Å². The third-order valence-electron chi connectivity index (χ3n) is 4.72. The molecule has 2 rings (SSSR count). The average molecular weight is 343 g/mol. The Kier molecular flexibility index (Phi) is 4.91. The highest BCUT2D eigenvalue weighted by Gasteiger charge is 2.33. The molecule has 1 unspecified atom stereocenters. The van der Waals surface area contributed by atoms with Crippen molar-refractivity contribution in [2.75, 3.05) is 0 Å². The van der Waals surface area contributed by atoms with Gasteiger partial charge in [-0.2, -0.15) is 0 Å². The van der Waals surface area contributed by atoms with Gasteiger partial charge in [0.2, 0.25) is 0 Å². The van der Waals surface area contributed by atoms with Crippen LogP contribution >= 0.6 is 15.9 Å². The van der Waals surface area contributed by atoms with Gasteiger partial charge in [0.05, 0.1) is 6.10 Å². The van der Waals surface area contributed by atoms with Gasteiger partial charge < -0.3 is 5.11 Å². The highest BCUT2D eigenvalue weighted by atomic mass is 79.9. The van der Waals surface area contributed by atoms with Crippen LogP contribution in [0.2, 0.25) is 0 Å². The van der Waals surface area contributed by atoms with Crippen LogP contribution in [0.15, 0.2) is 22.7 Å². The fourth-order valence-corrected chi connectivity index (χ4v) is 3.67. The fraction of sp³-hybridized carbons (Fsp3) is 0.647. The lowest BCUT2D eigenvalue weighted by Gasteiger charge is -2.38. The van der Waals surface area contributed by atoms with E-state index in [0.717, 1.165) is 30.2 Å². The minimum absolute atomic E-state index is 0.178. The van der Waals surface area contributed by atoms with Gasteiger partial charge in [-0.15, -0.1) is 0 Å². The molecule has 1 aliphatic rings. The molecule has 1 N–H and O–H groups in total. The summed E-state index contributed by atoms with van der Waals surface area (Å²) in [6.45, 7) is 6.84. The van der Waals surface area contributed by atoms with E-state index in [9.17, 15) is 9.50 Å². The van der Waals surface area contributed by atoms with Crippen molar-refractivity contribution in [3.05, 3.63) is 34.1 Å². The van der Waals surface area contributed by atoms with Crippen molar-refractivity contribution < 1.29 is 9.50 Å². The molecule has 112 valence electrons. The Bertz CT molecular complexity index is 459. The van der Waals surface area contributed by atoms with E-state index in [4.69, 9.17) is 0 Å². The van der Waals surface area contributed by atoms with Crippen LogP contribution < -0.4 is 0 Å². The number of rotatable bonds is 2. The molecule has 0 spiro atoms. The van der Waals surface area contributed by atoms with Crippen LogP contribution in [0.3, 0.4) is 0 Å². The van der Waals surface area contributed by atoms with Crippen molar-refractivity contribution in [3.63, 3.8) is 0 Å². The molecule has 1 atom stereocenters. The summed E-state index contributed by atoms with van der Waals surface area (Å²) in [6.07, 6.45) is 3.53. The monoisotopic (exact) mass is 342 g/mol. The second-order valence-corrected chi connectivity index (χ2v) is 8.00. The average Bonchev–Trinajstić information content (AvgIpc) is 2.40. The lowest BCUT2D eigenvalue weighted by atomic mass is 9.68. The van der Waals surface area contributed by atoms with Gasteiger partial charge in [0.25, 0.3) is 0 Å². The summed E-state index contributed by atoms with van der Waals surface area (Å²) in [5, 5.41) is 10.5. The molecule has 3 heteroatoms. The Morgan fingerprint density at radius 2 is 1.80 bits per heavy atom. The Hall–Kier alpha value is -0.410. The normalized spacial score (nSPS) is 25.5. The maximum atomic E-state index is 13.9. The van der Waals surface area contributed by atoms with Crippen LogP contribution in [0.25, 0.3) is 0 Å². The lowest BCUT2D eigenvalue weighted by molar-refractivity contribution is 0.0506. The maximum Gasteiger partial charge on any atom is 0.129 e. The third kappa shape index (κ3) is 3.62. The van der Waals surface area contributed by atoms with Crippen LogP contribution in [0.4, 0.5) is 4.39 Å². The van der Waals surface area contributed by atoms with E-state index in [1.54, 1.807) is 12.1 Å². The molecule has 0 aliphatic heterocycles. The van der Waals surface area contributed by atoms with Crippen LogP contribution in [0.5, 0.6) is 0 Å². The van der Waals surface area contributed by atoms with Crippen molar-refractivity contribution in [2.45, 2.75) is 52.6 Å². The molecule has 1 aromatic rings. The maximum absolute atomic E-state index is 13.9. The molecular weight excluding hydrogens is 319 g/mol. The molecule has 1 saturated carbocycles.